The molecular weight excluding hydrogens is 320 g/mol. The van der Waals surface area contributed by atoms with Gasteiger partial charge in [0.2, 0.25) is 5.91 Å². The minimum atomic E-state index is -3.49. The second-order valence-electron chi connectivity index (χ2n) is 6.02. The molecule has 0 aliphatic carbocycles. The van der Waals surface area contributed by atoms with Gasteiger partial charge in [-0.3, -0.25) is 4.79 Å². The summed E-state index contributed by atoms with van der Waals surface area (Å²) in [6.07, 6.45) is 0. The lowest BCUT2D eigenvalue weighted by molar-refractivity contribution is 0.1000. The normalized spacial score (nSPS) is 12.3. The van der Waals surface area contributed by atoms with Gasteiger partial charge in [0, 0.05) is 16.4 Å². The van der Waals surface area contributed by atoms with Crippen molar-refractivity contribution in [3.8, 4) is 0 Å². The number of benzene rings is 1. The highest BCUT2D eigenvalue weighted by atomic mass is 32.2. The molecule has 0 spiro atoms. The Morgan fingerprint density at radius 3 is 2.27 bits per heavy atom. The van der Waals surface area contributed by atoms with E-state index >= 15 is 0 Å². The number of carbonyl (C=O) groups is 1. The summed E-state index contributed by atoms with van der Waals surface area (Å²) in [5.74, 6) is -0.734. The Balaban J connectivity index is 2.24. The largest absolute Gasteiger partial charge is 0.366 e. The van der Waals surface area contributed by atoms with E-state index in [9.17, 15) is 13.2 Å². The van der Waals surface area contributed by atoms with Crippen molar-refractivity contribution in [3.05, 3.63) is 45.9 Å². The summed E-state index contributed by atoms with van der Waals surface area (Å²) in [6, 6.07) is 5.62. The molecule has 0 saturated carbocycles. The van der Waals surface area contributed by atoms with Crippen molar-refractivity contribution in [2.75, 3.05) is 0 Å². The second kappa shape index (κ2) is 5.81. The molecule has 0 fully saturated rings. The smallest absolute Gasteiger partial charge is 0.248 e. The number of carbonyl (C=O) groups excluding carboxylic acids is 1. The van der Waals surface area contributed by atoms with Crippen LogP contribution in [-0.4, -0.2) is 19.3 Å². The predicted octanol–water partition coefficient (Wildman–Crippen LogP) is 2.51. The lowest BCUT2D eigenvalue weighted by Gasteiger charge is -2.14. The van der Waals surface area contributed by atoms with Gasteiger partial charge in [-0.05, 0) is 24.3 Å². The molecule has 0 unspecified atom stereocenters. The molecule has 0 aliphatic rings. The Kier molecular flexibility index (Phi) is 4.39. The summed E-state index contributed by atoms with van der Waals surface area (Å²) >= 11 is 1.34. The number of hydrogen-bond acceptors (Lipinski definition) is 5. The zero-order valence-corrected chi connectivity index (χ0v) is 14.3. The molecule has 7 heteroatoms. The van der Waals surface area contributed by atoms with Crippen LogP contribution in [0.25, 0.3) is 0 Å². The van der Waals surface area contributed by atoms with Crippen LogP contribution in [0.4, 0.5) is 0 Å². The third-order valence-electron chi connectivity index (χ3n) is 3.13. The fourth-order valence-corrected chi connectivity index (χ4v) is 4.44. The zero-order chi connectivity index (χ0) is 16.5. The molecule has 2 N–H and O–H groups in total. The van der Waals surface area contributed by atoms with E-state index in [2.05, 4.69) is 4.98 Å². The molecule has 2 rings (SSSR count). The van der Waals surface area contributed by atoms with E-state index in [-0.39, 0.29) is 21.6 Å². The van der Waals surface area contributed by atoms with Gasteiger partial charge in [-0.1, -0.05) is 20.8 Å². The van der Waals surface area contributed by atoms with Gasteiger partial charge in [0.15, 0.2) is 9.84 Å². The first-order valence-electron chi connectivity index (χ1n) is 6.67. The van der Waals surface area contributed by atoms with E-state index in [0.717, 1.165) is 5.69 Å². The number of primary amides is 1. The third kappa shape index (κ3) is 3.72. The van der Waals surface area contributed by atoms with E-state index in [1.807, 2.05) is 26.2 Å². The lowest BCUT2D eigenvalue weighted by atomic mass is 9.93. The molecule has 1 heterocycles. The van der Waals surface area contributed by atoms with Crippen LogP contribution in [0.3, 0.4) is 0 Å². The molecule has 1 amide bonds. The number of nitrogens with two attached hydrogens (primary N) is 1. The minimum absolute atomic E-state index is 0.109. The maximum absolute atomic E-state index is 12.4. The Morgan fingerprint density at radius 1 is 1.23 bits per heavy atom. The van der Waals surface area contributed by atoms with E-state index in [4.69, 9.17) is 5.73 Å². The Labute approximate surface area is 134 Å². The maximum Gasteiger partial charge on any atom is 0.248 e. The van der Waals surface area contributed by atoms with Crippen molar-refractivity contribution in [1.82, 2.24) is 4.98 Å². The molecule has 22 heavy (non-hydrogen) atoms. The average Bonchev–Trinajstić information content (AvgIpc) is 2.86. The quantitative estimate of drug-likeness (QED) is 0.927. The van der Waals surface area contributed by atoms with Gasteiger partial charge in [-0.25, -0.2) is 13.4 Å². The number of rotatable bonds is 4. The van der Waals surface area contributed by atoms with Crippen LogP contribution >= 0.6 is 11.3 Å². The average molecular weight is 338 g/mol. The molecule has 1 aromatic heterocycles. The van der Waals surface area contributed by atoms with Gasteiger partial charge in [-0.2, -0.15) is 0 Å². The van der Waals surface area contributed by atoms with Crippen molar-refractivity contribution in [2.24, 2.45) is 5.73 Å². The Bertz CT molecular complexity index is 785. The monoisotopic (exact) mass is 338 g/mol. The fourth-order valence-electron chi connectivity index (χ4n) is 1.79. The number of hydrogen-bond donors (Lipinski definition) is 1. The molecule has 0 bridgehead atoms. The molecule has 1 aromatic carbocycles. The van der Waals surface area contributed by atoms with Crippen molar-refractivity contribution in [3.63, 3.8) is 0 Å². The van der Waals surface area contributed by atoms with Gasteiger partial charge < -0.3 is 5.73 Å². The number of sulfone groups is 1. The molecule has 0 aliphatic heterocycles. The zero-order valence-electron chi connectivity index (χ0n) is 12.7. The molecule has 118 valence electrons. The highest BCUT2D eigenvalue weighted by Gasteiger charge is 2.21. The topological polar surface area (TPSA) is 90.1 Å². The van der Waals surface area contributed by atoms with Crippen LogP contribution in [0.15, 0.2) is 34.5 Å². The Hall–Kier alpha value is -1.73. The fraction of sp³-hybridized carbons (Fsp3) is 0.333. The van der Waals surface area contributed by atoms with Crippen LogP contribution in [0, 0.1) is 0 Å². The summed E-state index contributed by atoms with van der Waals surface area (Å²) in [5, 5.41) is 2.45. The van der Waals surface area contributed by atoms with Crippen LogP contribution in [0.2, 0.25) is 0 Å². The SMILES string of the molecule is CC(C)(C)c1csc(CS(=O)(=O)c2ccc(C(N)=O)cc2)n1. The van der Waals surface area contributed by atoms with Gasteiger partial charge in [0.25, 0.3) is 0 Å². The Morgan fingerprint density at radius 2 is 1.82 bits per heavy atom. The molecule has 2 aromatic rings. The number of thiazole rings is 1. The first-order chi connectivity index (χ1) is 10.1. The molecular formula is C15H18N2O3S2. The number of aromatic nitrogens is 1. The lowest BCUT2D eigenvalue weighted by Crippen LogP contribution is -2.13. The van der Waals surface area contributed by atoms with Crippen molar-refractivity contribution in [1.29, 1.82) is 0 Å². The molecule has 5 nitrogen and oxygen atoms in total. The van der Waals surface area contributed by atoms with E-state index in [0.29, 0.717) is 5.01 Å². The predicted molar refractivity (Wildman–Crippen MR) is 86.7 cm³/mol. The van der Waals surface area contributed by atoms with Crippen molar-refractivity contribution < 1.29 is 13.2 Å². The van der Waals surface area contributed by atoms with Crippen LogP contribution < -0.4 is 5.73 Å². The minimum Gasteiger partial charge on any atom is -0.366 e. The molecule has 0 saturated heterocycles. The third-order valence-corrected chi connectivity index (χ3v) is 5.81. The van der Waals surface area contributed by atoms with Crippen LogP contribution in [0.5, 0.6) is 0 Å². The first kappa shape index (κ1) is 16.6. The van der Waals surface area contributed by atoms with Gasteiger partial charge in [0.1, 0.15) is 10.8 Å². The summed E-state index contributed by atoms with van der Waals surface area (Å²) < 4.78 is 24.8. The van der Waals surface area contributed by atoms with Gasteiger partial charge >= 0.3 is 0 Å². The molecule has 0 atom stereocenters. The van der Waals surface area contributed by atoms with Crippen LogP contribution in [-0.2, 0) is 21.0 Å². The standard InChI is InChI=1S/C15H18N2O3S2/c1-15(2,3)12-8-21-13(17-12)9-22(19,20)11-6-4-10(5-7-11)14(16)18/h4-8H,9H2,1-3H3,(H2,16,18). The van der Waals surface area contributed by atoms with Crippen molar-refractivity contribution >= 4 is 27.1 Å². The van der Waals surface area contributed by atoms with Crippen molar-refractivity contribution in [2.45, 2.75) is 36.8 Å². The van der Waals surface area contributed by atoms with Gasteiger partial charge in [0.05, 0.1) is 10.6 Å². The summed E-state index contributed by atoms with van der Waals surface area (Å²) in [7, 11) is -3.49. The summed E-state index contributed by atoms with van der Waals surface area (Å²) in [6.45, 7) is 6.09. The second-order valence-corrected chi connectivity index (χ2v) is 8.96. The van der Waals surface area contributed by atoms with Crippen LogP contribution in [0.1, 0.15) is 41.8 Å². The summed E-state index contributed by atoms with van der Waals surface area (Å²) in [5.41, 5.74) is 6.20. The molecule has 0 radical (unpaired) electrons. The van der Waals surface area contributed by atoms with E-state index in [1.165, 1.54) is 35.6 Å². The highest BCUT2D eigenvalue weighted by Crippen LogP contribution is 2.26. The van der Waals surface area contributed by atoms with E-state index in [1.54, 1.807) is 0 Å². The highest BCUT2D eigenvalue weighted by molar-refractivity contribution is 7.90. The number of nitrogens with zero attached hydrogens (tertiary/aromatic N) is 1. The van der Waals surface area contributed by atoms with Gasteiger partial charge in [-0.15, -0.1) is 11.3 Å². The first-order valence-corrected chi connectivity index (χ1v) is 9.20. The van der Waals surface area contributed by atoms with E-state index < -0.39 is 15.7 Å². The number of amides is 1. The maximum atomic E-state index is 12.4. The summed E-state index contributed by atoms with van der Waals surface area (Å²) in [4.78, 5) is 15.6.